The van der Waals surface area contributed by atoms with Crippen LogP contribution in [0.5, 0.6) is 0 Å². The van der Waals surface area contributed by atoms with E-state index in [-0.39, 0.29) is 6.42 Å². The van der Waals surface area contributed by atoms with E-state index in [4.69, 9.17) is 0 Å². The number of aryl methyl sites for hydroxylation is 2. The van der Waals surface area contributed by atoms with Crippen LogP contribution >= 0.6 is 0 Å². The first-order chi connectivity index (χ1) is 13.2. The van der Waals surface area contributed by atoms with Crippen molar-refractivity contribution in [2.75, 3.05) is 0 Å². The van der Waals surface area contributed by atoms with Crippen LogP contribution in [0.3, 0.4) is 0 Å². The average Bonchev–Trinajstić information content (AvgIpc) is 2.84. The Balaban J connectivity index is 2.25. The lowest BCUT2D eigenvalue weighted by Crippen LogP contribution is -2.29. The van der Waals surface area contributed by atoms with Crippen LogP contribution in [0.2, 0.25) is 0 Å². The summed E-state index contributed by atoms with van der Waals surface area (Å²) < 4.78 is 85.1. The van der Waals surface area contributed by atoms with Gasteiger partial charge in [-0.15, -0.1) is 0 Å². The summed E-state index contributed by atoms with van der Waals surface area (Å²) in [4.78, 5) is 12.3. The van der Waals surface area contributed by atoms with E-state index in [9.17, 15) is 31.1 Å². The van der Waals surface area contributed by atoms with Crippen molar-refractivity contribution in [1.82, 2.24) is 9.78 Å². The molecule has 0 unspecified atom stereocenters. The van der Waals surface area contributed by atoms with Gasteiger partial charge in [0.15, 0.2) is 0 Å². The van der Waals surface area contributed by atoms with Gasteiger partial charge in [0.05, 0.1) is 17.2 Å². The number of hydrogen-bond donors (Lipinski definition) is 0. The summed E-state index contributed by atoms with van der Waals surface area (Å²) in [5.41, 5.74) is 0.0541. The van der Waals surface area contributed by atoms with Crippen LogP contribution in [0.4, 0.5) is 26.3 Å². The summed E-state index contributed by atoms with van der Waals surface area (Å²) in [5.74, 6) is -2.11. The normalized spacial score (nSPS) is 14.6. The fourth-order valence-electron chi connectivity index (χ4n) is 2.94. The molecule has 0 aliphatic heterocycles. The number of carbonyl (C=O) groups is 1. The fourth-order valence-corrected chi connectivity index (χ4v) is 2.94. The van der Waals surface area contributed by atoms with E-state index in [2.05, 4.69) is 9.84 Å². The van der Waals surface area contributed by atoms with Crippen LogP contribution in [0.1, 0.15) is 41.1 Å². The van der Waals surface area contributed by atoms with Gasteiger partial charge in [0, 0.05) is 18.3 Å². The second-order valence-corrected chi connectivity index (χ2v) is 6.86. The number of ether oxygens (including phenoxy) is 1. The molecule has 0 saturated heterocycles. The molecule has 4 nitrogen and oxygen atoms in total. The van der Waals surface area contributed by atoms with Gasteiger partial charge in [-0.2, -0.15) is 31.4 Å². The molecule has 10 heteroatoms. The summed E-state index contributed by atoms with van der Waals surface area (Å²) in [6.45, 7) is 4.86. The van der Waals surface area contributed by atoms with Gasteiger partial charge < -0.3 is 4.74 Å². The van der Waals surface area contributed by atoms with Crippen LogP contribution in [0, 0.1) is 19.8 Å². The van der Waals surface area contributed by atoms with Crippen LogP contribution in [0.25, 0.3) is 0 Å². The number of halogens is 6. The highest BCUT2D eigenvalue weighted by atomic mass is 19.4. The highest BCUT2D eigenvalue weighted by molar-refractivity contribution is 5.73. The van der Waals surface area contributed by atoms with Gasteiger partial charge in [-0.1, -0.05) is 19.1 Å². The van der Waals surface area contributed by atoms with Crippen LogP contribution in [-0.2, 0) is 29.2 Å². The smallest absolute Gasteiger partial charge is 0.429 e. The Labute approximate surface area is 163 Å². The summed E-state index contributed by atoms with van der Waals surface area (Å²) in [7, 11) is 1.70. The number of aromatic nitrogens is 2. The number of benzene rings is 1. The number of alkyl halides is 6. The SMILES string of the molecule is Cc1nn(C)c(C)c1C[C@@H](C)C(=O)O[C@@H](c1cccc(C(F)(F)F)c1)C(F)(F)F. The predicted octanol–water partition coefficient (Wildman–Crippen LogP) is 5.08. The van der Waals surface area contributed by atoms with Gasteiger partial charge in [0.25, 0.3) is 0 Å². The second-order valence-electron chi connectivity index (χ2n) is 6.86. The molecule has 1 aromatic heterocycles. The molecule has 0 bridgehead atoms. The summed E-state index contributed by atoms with van der Waals surface area (Å²) in [5, 5.41) is 4.18. The molecule has 160 valence electrons. The molecule has 0 N–H and O–H groups in total. The molecule has 2 atom stereocenters. The lowest BCUT2D eigenvalue weighted by Gasteiger charge is -2.23. The zero-order valence-corrected chi connectivity index (χ0v) is 16.1. The van der Waals surface area contributed by atoms with Crippen molar-refractivity contribution in [2.45, 2.75) is 45.6 Å². The lowest BCUT2D eigenvalue weighted by atomic mass is 9.99. The molecule has 0 aliphatic carbocycles. The highest BCUT2D eigenvalue weighted by Gasteiger charge is 2.45. The van der Waals surface area contributed by atoms with Crippen molar-refractivity contribution in [3.05, 3.63) is 52.3 Å². The Bertz CT molecular complexity index is 886. The molecular weight excluding hydrogens is 402 g/mol. The van der Waals surface area contributed by atoms with Crippen molar-refractivity contribution >= 4 is 5.97 Å². The third kappa shape index (κ3) is 5.30. The number of hydrogen-bond acceptors (Lipinski definition) is 3. The lowest BCUT2D eigenvalue weighted by molar-refractivity contribution is -0.226. The first-order valence-electron chi connectivity index (χ1n) is 8.65. The van der Waals surface area contributed by atoms with Gasteiger partial charge in [-0.05, 0) is 38.0 Å². The first kappa shape index (κ1) is 22.8. The Morgan fingerprint density at radius 3 is 2.28 bits per heavy atom. The fraction of sp³-hybridized carbons (Fsp3) is 0.474. The molecule has 0 aliphatic rings. The Morgan fingerprint density at radius 2 is 1.79 bits per heavy atom. The largest absolute Gasteiger partial charge is 0.447 e. The van der Waals surface area contributed by atoms with Gasteiger partial charge in [0.1, 0.15) is 0 Å². The minimum absolute atomic E-state index is 0.0947. The molecule has 1 heterocycles. The zero-order chi connectivity index (χ0) is 22.1. The van der Waals surface area contributed by atoms with Crippen molar-refractivity contribution in [3.8, 4) is 0 Å². The second kappa shape index (κ2) is 8.08. The molecule has 0 saturated carbocycles. The van der Waals surface area contributed by atoms with E-state index in [1.807, 2.05) is 0 Å². The molecule has 0 radical (unpaired) electrons. The third-order valence-electron chi connectivity index (χ3n) is 4.62. The average molecular weight is 422 g/mol. The predicted molar refractivity (Wildman–Crippen MR) is 91.9 cm³/mol. The van der Waals surface area contributed by atoms with Gasteiger partial charge in [-0.3, -0.25) is 9.48 Å². The van der Waals surface area contributed by atoms with Gasteiger partial charge in [0.2, 0.25) is 6.10 Å². The van der Waals surface area contributed by atoms with Crippen molar-refractivity contribution in [3.63, 3.8) is 0 Å². The molecule has 1 aromatic carbocycles. The summed E-state index contributed by atoms with van der Waals surface area (Å²) >= 11 is 0. The maximum Gasteiger partial charge on any atom is 0.429 e. The summed E-state index contributed by atoms with van der Waals surface area (Å²) in [6, 6.07) is 2.68. The number of rotatable bonds is 5. The molecule has 0 spiro atoms. The maximum absolute atomic E-state index is 13.4. The van der Waals surface area contributed by atoms with E-state index < -0.39 is 41.5 Å². The van der Waals surface area contributed by atoms with Crippen molar-refractivity contribution < 1.29 is 35.9 Å². The topological polar surface area (TPSA) is 44.1 Å². The van der Waals surface area contributed by atoms with Crippen molar-refractivity contribution in [2.24, 2.45) is 13.0 Å². The van der Waals surface area contributed by atoms with Crippen molar-refractivity contribution in [1.29, 1.82) is 0 Å². The molecule has 2 aromatic rings. The molecule has 0 fully saturated rings. The van der Waals surface area contributed by atoms with E-state index in [0.29, 0.717) is 23.4 Å². The Hall–Kier alpha value is -2.52. The minimum atomic E-state index is -5.07. The molecule has 2 rings (SSSR count). The number of esters is 1. The first-order valence-corrected chi connectivity index (χ1v) is 8.65. The zero-order valence-electron chi connectivity index (χ0n) is 16.1. The molecule has 0 amide bonds. The number of nitrogens with zero attached hydrogens (tertiary/aromatic N) is 2. The third-order valence-corrected chi connectivity index (χ3v) is 4.62. The van der Waals surface area contributed by atoms with E-state index >= 15 is 0 Å². The molecule has 29 heavy (non-hydrogen) atoms. The van der Waals surface area contributed by atoms with E-state index in [1.165, 1.54) is 6.92 Å². The van der Waals surface area contributed by atoms with Gasteiger partial charge in [-0.25, -0.2) is 0 Å². The van der Waals surface area contributed by atoms with Crippen LogP contribution in [-0.4, -0.2) is 21.9 Å². The summed E-state index contributed by atoms with van der Waals surface area (Å²) in [6.07, 6.45) is -12.6. The van der Waals surface area contributed by atoms with Gasteiger partial charge >= 0.3 is 18.3 Å². The van der Waals surface area contributed by atoms with E-state index in [0.717, 1.165) is 17.8 Å². The monoisotopic (exact) mass is 422 g/mol. The molecular formula is C19H20F6N2O2. The van der Waals surface area contributed by atoms with Crippen LogP contribution < -0.4 is 0 Å². The van der Waals surface area contributed by atoms with Crippen LogP contribution in [0.15, 0.2) is 24.3 Å². The Morgan fingerprint density at radius 1 is 1.17 bits per heavy atom. The standard InChI is InChI=1S/C19H20F6N2O2/c1-10(8-15-11(2)26-27(4)12(15)3)17(28)29-16(19(23,24)25)13-6-5-7-14(9-13)18(20,21)22/h5-7,9-10,16H,8H2,1-4H3/t10-,16+/m1/s1. The van der Waals surface area contributed by atoms with E-state index in [1.54, 1.807) is 25.6 Å². The number of carbonyl (C=O) groups excluding carboxylic acids is 1. The Kier molecular flexibility index (Phi) is 6.34. The maximum atomic E-state index is 13.4. The minimum Gasteiger partial charge on any atom is -0.447 e. The highest BCUT2D eigenvalue weighted by Crippen LogP contribution is 2.39. The quantitative estimate of drug-likeness (QED) is 0.499.